The van der Waals surface area contributed by atoms with Gasteiger partial charge in [-0.05, 0) is 30.7 Å². The van der Waals surface area contributed by atoms with Gasteiger partial charge in [-0.15, -0.1) is 0 Å². The van der Waals surface area contributed by atoms with Crippen molar-refractivity contribution in [2.45, 2.75) is 6.92 Å². The summed E-state index contributed by atoms with van der Waals surface area (Å²) >= 11 is 0. The molecule has 0 aliphatic heterocycles. The molecule has 0 unspecified atom stereocenters. The number of amides is 1. The predicted octanol–water partition coefficient (Wildman–Crippen LogP) is 0.859. The first-order valence-corrected chi connectivity index (χ1v) is 8.59. The lowest BCUT2D eigenvalue weighted by atomic mass is 10.3. The summed E-state index contributed by atoms with van der Waals surface area (Å²) in [5, 5.41) is 12.9. The summed E-state index contributed by atoms with van der Waals surface area (Å²) in [5.74, 6) is 1.56. The molecule has 0 fully saturated rings. The van der Waals surface area contributed by atoms with E-state index in [9.17, 15) is 9.59 Å². The van der Waals surface area contributed by atoms with Gasteiger partial charge in [0.25, 0.3) is 11.5 Å². The molecule has 3 aromatic heterocycles. The Labute approximate surface area is 161 Å². The largest absolute Gasteiger partial charge is 0.368 e. The molecule has 0 aliphatic carbocycles. The molecule has 0 saturated carbocycles. The first-order valence-electron chi connectivity index (χ1n) is 8.59. The maximum absolute atomic E-state index is 12.0. The maximum atomic E-state index is 12.0. The Morgan fingerprint density at radius 2 is 1.82 bits per heavy atom. The lowest BCUT2D eigenvalue weighted by Crippen LogP contribution is -2.31. The Hall–Kier alpha value is -3.82. The van der Waals surface area contributed by atoms with Crippen LogP contribution in [0.4, 0.5) is 17.5 Å². The van der Waals surface area contributed by atoms with E-state index in [4.69, 9.17) is 0 Å². The van der Waals surface area contributed by atoms with Crippen LogP contribution in [-0.4, -0.2) is 43.7 Å². The number of aromatic nitrogens is 5. The molecule has 0 spiro atoms. The van der Waals surface area contributed by atoms with Gasteiger partial charge in [0.15, 0.2) is 0 Å². The summed E-state index contributed by atoms with van der Waals surface area (Å²) in [6.45, 7) is 2.80. The average molecular weight is 380 g/mol. The van der Waals surface area contributed by atoms with Crippen LogP contribution in [0.1, 0.15) is 16.1 Å². The normalized spacial score (nSPS) is 10.4. The number of carbonyl (C=O) groups excluding carboxylic acids is 1. The molecule has 10 nitrogen and oxygen atoms in total. The van der Waals surface area contributed by atoms with Crippen molar-refractivity contribution in [2.75, 3.05) is 23.7 Å². The van der Waals surface area contributed by atoms with E-state index in [-0.39, 0.29) is 17.2 Å². The zero-order valence-corrected chi connectivity index (χ0v) is 15.5. The molecular formula is C18H20N8O2. The monoisotopic (exact) mass is 380 g/mol. The molecule has 1 amide bonds. The molecule has 0 atom stereocenters. The molecule has 144 valence electrons. The molecule has 3 N–H and O–H groups in total. The fourth-order valence-corrected chi connectivity index (χ4v) is 2.34. The van der Waals surface area contributed by atoms with Crippen LogP contribution in [0.2, 0.25) is 0 Å². The van der Waals surface area contributed by atoms with E-state index >= 15 is 0 Å². The molecule has 3 aromatic rings. The van der Waals surface area contributed by atoms with Gasteiger partial charge >= 0.3 is 0 Å². The van der Waals surface area contributed by atoms with Gasteiger partial charge < -0.3 is 16.0 Å². The summed E-state index contributed by atoms with van der Waals surface area (Å²) < 4.78 is 1.12. The van der Waals surface area contributed by atoms with Crippen molar-refractivity contribution in [1.82, 2.24) is 30.0 Å². The highest BCUT2D eigenvalue weighted by Gasteiger charge is 2.07. The molecule has 0 aliphatic rings. The van der Waals surface area contributed by atoms with Crippen LogP contribution in [0.15, 0.2) is 47.7 Å². The highest BCUT2D eigenvalue weighted by Crippen LogP contribution is 2.14. The molecule has 0 aromatic carbocycles. The Kier molecular flexibility index (Phi) is 5.90. The summed E-state index contributed by atoms with van der Waals surface area (Å²) in [6, 6.07) is 8.28. The standard InChI is InChI=1S/C18H20N8O2/c1-12-5-6-19-15(9-12)24-16-10-14(22-11-23-16)20-7-8-21-18(28)13-3-4-17(27)26(2)25-13/h3-6,9-11H,7-8H2,1-2H3,(H,21,28)(H2,19,20,22,23,24). The second kappa shape index (κ2) is 8.71. The number of anilines is 3. The fourth-order valence-electron chi connectivity index (χ4n) is 2.34. The van der Waals surface area contributed by atoms with Gasteiger partial charge in [-0.25, -0.2) is 19.6 Å². The molecule has 3 heterocycles. The van der Waals surface area contributed by atoms with Crippen LogP contribution in [0, 0.1) is 6.92 Å². The fraction of sp³-hybridized carbons (Fsp3) is 0.222. The van der Waals surface area contributed by atoms with E-state index in [1.165, 1.54) is 25.5 Å². The minimum absolute atomic E-state index is 0.182. The minimum atomic E-state index is -0.354. The highest BCUT2D eigenvalue weighted by molar-refractivity contribution is 5.91. The van der Waals surface area contributed by atoms with Gasteiger partial charge in [-0.2, -0.15) is 5.10 Å². The number of nitrogens with zero attached hydrogens (tertiary/aromatic N) is 5. The lowest BCUT2D eigenvalue weighted by molar-refractivity contribution is 0.0948. The molecular weight excluding hydrogens is 360 g/mol. The van der Waals surface area contributed by atoms with Crippen LogP contribution in [0.3, 0.4) is 0 Å². The lowest BCUT2D eigenvalue weighted by Gasteiger charge is -2.09. The number of carbonyl (C=O) groups is 1. The van der Waals surface area contributed by atoms with Crippen molar-refractivity contribution < 1.29 is 4.79 Å². The number of hydrogen-bond donors (Lipinski definition) is 3. The Morgan fingerprint density at radius 1 is 1.04 bits per heavy atom. The van der Waals surface area contributed by atoms with E-state index in [1.807, 2.05) is 19.1 Å². The van der Waals surface area contributed by atoms with Crippen molar-refractivity contribution in [3.8, 4) is 0 Å². The number of nitrogens with one attached hydrogen (secondary N) is 3. The first-order chi connectivity index (χ1) is 13.5. The minimum Gasteiger partial charge on any atom is -0.368 e. The van der Waals surface area contributed by atoms with Gasteiger partial charge in [0.05, 0.1) is 0 Å². The summed E-state index contributed by atoms with van der Waals surface area (Å²) in [7, 11) is 1.49. The number of hydrogen-bond acceptors (Lipinski definition) is 8. The van der Waals surface area contributed by atoms with Crippen LogP contribution in [0.25, 0.3) is 0 Å². The third-order valence-electron chi connectivity index (χ3n) is 3.75. The summed E-state index contributed by atoms with van der Waals surface area (Å²) in [6.07, 6.45) is 3.16. The van der Waals surface area contributed by atoms with E-state index in [2.05, 4.69) is 36.0 Å². The van der Waals surface area contributed by atoms with Gasteiger partial charge in [0.2, 0.25) is 0 Å². The summed E-state index contributed by atoms with van der Waals surface area (Å²) in [5.41, 5.74) is 1.00. The van der Waals surface area contributed by atoms with Crippen LogP contribution < -0.4 is 21.5 Å². The maximum Gasteiger partial charge on any atom is 0.271 e. The molecule has 0 saturated heterocycles. The van der Waals surface area contributed by atoms with E-state index in [0.29, 0.717) is 30.5 Å². The Balaban J connectivity index is 1.50. The van der Waals surface area contributed by atoms with Crippen LogP contribution in [-0.2, 0) is 7.05 Å². The zero-order chi connectivity index (χ0) is 19.9. The molecule has 0 bridgehead atoms. The highest BCUT2D eigenvalue weighted by atomic mass is 16.2. The topological polar surface area (TPSA) is 127 Å². The second-order valence-electron chi connectivity index (χ2n) is 6.00. The zero-order valence-electron chi connectivity index (χ0n) is 15.5. The average Bonchev–Trinajstić information content (AvgIpc) is 2.67. The number of aryl methyl sites for hydroxylation is 2. The van der Waals surface area contributed by atoms with Crippen molar-refractivity contribution in [3.63, 3.8) is 0 Å². The molecule has 0 radical (unpaired) electrons. The van der Waals surface area contributed by atoms with Crippen molar-refractivity contribution >= 4 is 23.4 Å². The van der Waals surface area contributed by atoms with Crippen molar-refractivity contribution in [1.29, 1.82) is 0 Å². The number of pyridine rings is 1. The van der Waals surface area contributed by atoms with Crippen LogP contribution in [0.5, 0.6) is 0 Å². The van der Waals surface area contributed by atoms with Gasteiger partial charge in [0, 0.05) is 38.5 Å². The van der Waals surface area contributed by atoms with Crippen molar-refractivity contribution in [3.05, 3.63) is 64.5 Å². The smallest absolute Gasteiger partial charge is 0.271 e. The van der Waals surface area contributed by atoms with Gasteiger partial charge in [-0.3, -0.25) is 9.59 Å². The molecule has 28 heavy (non-hydrogen) atoms. The Morgan fingerprint density at radius 3 is 2.61 bits per heavy atom. The third-order valence-corrected chi connectivity index (χ3v) is 3.75. The SMILES string of the molecule is Cc1ccnc(Nc2cc(NCCNC(=O)c3ccc(=O)n(C)n3)ncn2)c1. The van der Waals surface area contributed by atoms with E-state index < -0.39 is 0 Å². The molecule has 3 rings (SSSR count). The van der Waals surface area contributed by atoms with E-state index in [1.54, 1.807) is 12.3 Å². The Bertz CT molecular complexity index is 1030. The van der Waals surface area contributed by atoms with Crippen LogP contribution >= 0.6 is 0 Å². The number of rotatable bonds is 7. The first kappa shape index (κ1) is 19.0. The van der Waals surface area contributed by atoms with E-state index in [0.717, 1.165) is 10.2 Å². The van der Waals surface area contributed by atoms with Crippen molar-refractivity contribution in [2.24, 2.45) is 7.05 Å². The summed E-state index contributed by atoms with van der Waals surface area (Å²) in [4.78, 5) is 35.9. The quantitative estimate of drug-likeness (QED) is 0.515. The van der Waals surface area contributed by atoms with Gasteiger partial charge in [-0.1, -0.05) is 0 Å². The van der Waals surface area contributed by atoms with Gasteiger partial charge in [0.1, 0.15) is 29.5 Å². The third kappa shape index (κ3) is 5.10. The predicted molar refractivity (Wildman–Crippen MR) is 105 cm³/mol. The second-order valence-corrected chi connectivity index (χ2v) is 6.00. The molecule has 10 heteroatoms.